The van der Waals surface area contributed by atoms with Crippen molar-refractivity contribution < 1.29 is 14.3 Å². The van der Waals surface area contributed by atoms with Gasteiger partial charge in [-0.25, -0.2) is 9.97 Å². The van der Waals surface area contributed by atoms with Crippen molar-refractivity contribution in [2.75, 3.05) is 38.7 Å². The Hall–Kier alpha value is -1.97. The monoisotopic (exact) mass is 533 g/mol. The largest absolute Gasteiger partial charge is 0.379 e. The SMILES string of the molecule is CO[C@H]1COCC[C@H]1NC1CCN(C(=O)c2nc(C3CC3)nc(Nc3ccc(Cl)c(Cl)c3)c2C)CC1. The molecule has 36 heavy (non-hydrogen) atoms. The van der Waals surface area contributed by atoms with Gasteiger partial charge in [0.25, 0.3) is 5.91 Å². The number of nitrogens with zero attached hydrogens (tertiary/aromatic N) is 3. The molecule has 2 aromatic rings. The molecule has 1 aromatic heterocycles. The Morgan fingerprint density at radius 1 is 1.11 bits per heavy atom. The van der Waals surface area contributed by atoms with Gasteiger partial charge in [0.1, 0.15) is 17.3 Å². The number of carbonyl (C=O) groups excluding carboxylic acids is 1. The van der Waals surface area contributed by atoms with Crippen LogP contribution in [0.5, 0.6) is 0 Å². The minimum atomic E-state index is -0.0340. The number of methoxy groups -OCH3 is 1. The molecule has 0 unspecified atom stereocenters. The van der Waals surface area contributed by atoms with Crippen molar-refractivity contribution >= 4 is 40.6 Å². The predicted molar refractivity (Wildman–Crippen MR) is 141 cm³/mol. The lowest BCUT2D eigenvalue weighted by Gasteiger charge is -2.38. The Balaban J connectivity index is 1.28. The number of aromatic nitrogens is 2. The van der Waals surface area contributed by atoms with Crippen molar-refractivity contribution in [3.8, 4) is 0 Å². The number of ether oxygens (including phenoxy) is 2. The molecule has 5 rings (SSSR count). The molecule has 8 nitrogen and oxygen atoms in total. The van der Waals surface area contributed by atoms with Crippen molar-refractivity contribution in [2.24, 2.45) is 0 Å². The van der Waals surface area contributed by atoms with Gasteiger partial charge in [-0.1, -0.05) is 23.2 Å². The molecule has 10 heteroatoms. The number of hydrogen-bond donors (Lipinski definition) is 2. The van der Waals surface area contributed by atoms with Crippen molar-refractivity contribution in [1.29, 1.82) is 0 Å². The van der Waals surface area contributed by atoms with Crippen LogP contribution in [-0.4, -0.2) is 72.4 Å². The standard InChI is InChI=1S/C26H33Cl2N5O3/c1-15-23(26(34)33-10-7-17(8-11-33)29-21-9-12-36-14-22(21)35-2)31-25(16-3-4-16)32-24(15)30-18-5-6-19(27)20(28)13-18/h5-6,13,16-17,21-22,29H,3-4,7-12,14H2,1-2H3,(H,30,31,32)/t21-,22+/m1/s1. The van der Waals surface area contributed by atoms with E-state index >= 15 is 0 Å². The molecule has 1 saturated carbocycles. The number of rotatable bonds is 7. The lowest BCUT2D eigenvalue weighted by atomic mass is 9.99. The van der Waals surface area contributed by atoms with E-state index in [0.29, 0.717) is 53.2 Å². The van der Waals surface area contributed by atoms with Crippen LogP contribution >= 0.6 is 23.2 Å². The highest BCUT2D eigenvalue weighted by Crippen LogP contribution is 2.39. The Labute approximate surface area is 222 Å². The number of halogens is 2. The van der Waals surface area contributed by atoms with E-state index in [9.17, 15) is 4.79 Å². The first-order chi connectivity index (χ1) is 17.4. The summed E-state index contributed by atoms with van der Waals surface area (Å²) in [5, 5.41) is 8.02. The smallest absolute Gasteiger partial charge is 0.272 e. The zero-order chi connectivity index (χ0) is 25.2. The minimum Gasteiger partial charge on any atom is -0.379 e. The average Bonchev–Trinajstić information content (AvgIpc) is 3.73. The van der Waals surface area contributed by atoms with E-state index in [1.165, 1.54) is 0 Å². The summed E-state index contributed by atoms with van der Waals surface area (Å²) in [6.45, 7) is 4.66. The summed E-state index contributed by atoms with van der Waals surface area (Å²) >= 11 is 12.3. The van der Waals surface area contributed by atoms with Crippen LogP contribution in [0, 0.1) is 6.92 Å². The van der Waals surface area contributed by atoms with Crippen LogP contribution in [0.25, 0.3) is 0 Å². The highest BCUT2D eigenvalue weighted by atomic mass is 35.5. The second kappa shape index (κ2) is 11.2. The van der Waals surface area contributed by atoms with E-state index in [-0.39, 0.29) is 18.1 Å². The summed E-state index contributed by atoms with van der Waals surface area (Å²) in [5.41, 5.74) is 1.98. The fourth-order valence-corrected chi connectivity index (χ4v) is 5.23. The zero-order valence-corrected chi connectivity index (χ0v) is 22.2. The molecule has 3 aliphatic rings. The fourth-order valence-electron chi connectivity index (χ4n) is 4.94. The first kappa shape index (κ1) is 25.7. The van der Waals surface area contributed by atoms with E-state index in [0.717, 1.165) is 55.8 Å². The van der Waals surface area contributed by atoms with E-state index < -0.39 is 0 Å². The van der Waals surface area contributed by atoms with Crippen molar-refractivity contribution in [2.45, 2.75) is 63.1 Å². The Morgan fingerprint density at radius 3 is 2.58 bits per heavy atom. The highest BCUT2D eigenvalue weighted by molar-refractivity contribution is 6.42. The summed E-state index contributed by atoms with van der Waals surface area (Å²) < 4.78 is 11.1. The molecule has 0 bridgehead atoms. The number of carbonyl (C=O) groups is 1. The first-order valence-electron chi connectivity index (χ1n) is 12.7. The molecule has 1 aromatic carbocycles. The Bertz CT molecular complexity index is 1110. The predicted octanol–water partition coefficient (Wildman–Crippen LogP) is 4.71. The second-order valence-electron chi connectivity index (χ2n) is 9.91. The summed E-state index contributed by atoms with van der Waals surface area (Å²) in [6.07, 6.45) is 4.91. The number of piperidine rings is 1. The van der Waals surface area contributed by atoms with Crippen LogP contribution in [0.4, 0.5) is 11.5 Å². The third kappa shape index (κ3) is 5.78. The number of likely N-dealkylation sites (tertiary alicyclic amines) is 1. The van der Waals surface area contributed by atoms with Gasteiger partial charge in [0.2, 0.25) is 0 Å². The molecule has 2 N–H and O–H groups in total. The quantitative estimate of drug-likeness (QED) is 0.532. The van der Waals surface area contributed by atoms with Gasteiger partial charge in [-0.05, 0) is 57.2 Å². The van der Waals surface area contributed by atoms with Gasteiger partial charge in [0, 0.05) is 56.1 Å². The van der Waals surface area contributed by atoms with E-state index in [1.807, 2.05) is 17.9 Å². The number of amides is 1. The Morgan fingerprint density at radius 2 is 1.89 bits per heavy atom. The third-order valence-corrected chi connectivity index (χ3v) is 8.07. The van der Waals surface area contributed by atoms with Crippen LogP contribution < -0.4 is 10.6 Å². The van der Waals surface area contributed by atoms with Gasteiger partial charge in [-0.3, -0.25) is 4.79 Å². The first-order valence-corrected chi connectivity index (χ1v) is 13.4. The van der Waals surface area contributed by atoms with Gasteiger partial charge < -0.3 is 25.0 Å². The summed E-state index contributed by atoms with van der Waals surface area (Å²) in [6, 6.07) is 5.99. The molecule has 1 amide bonds. The maximum absolute atomic E-state index is 13.6. The third-order valence-electron chi connectivity index (χ3n) is 7.33. The van der Waals surface area contributed by atoms with Crippen LogP contribution in [0.3, 0.4) is 0 Å². The molecule has 194 valence electrons. The van der Waals surface area contributed by atoms with Gasteiger partial charge in [0.05, 0.1) is 22.8 Å². The molecule has 2 saturated heterocycles. The summed E-state index contributed by atoms with van der Waals surface area (Å²) in [4.78, 5) is 25.1. The van der Waals surface area contributed by atoms with Crippen LogP contribution in [0.2, 0.25) is 10.0 Å². The van der Waals surface area contributed by atoms with Crippen LogP contribution in [0.15, 0.2) is 18.2 Å². The zero-order valence-electron chi connectivity index (χ0n) is 20.7. The molecule has 2 aliphatic heterocycles. The summed E-state index contributed by atoms with van der Waals surface area (Å²) in [7, 11) is 1.74. The molecule has 3 heterocycles. The number of benzene rings is 1. The lowest BCUT2D eigenvalue weighted by molar-refractivity contribution is -0.0533. The van der Waals surface area contributed by atoms with Crippen molar-refractivity contribution in [3.63, 3.8) is 0 Å². The average molecular weight is 534 g/mol. The van der Waals surface area contributed by atoms with Crippen LogP contribution in [0.1, 0.15) is 59.9 Å². The van der Waals surface area contributed by atoms with E-state index in [1.54, 1.807) is 19.2 Å². The Kier molecular flexibility index (Phi) is 7.98. The fraction of sp³-hybridized carbons (Fsp3) is 0.577. The van der Waals surface area contributed by atoms with Crippen molar-refractivity contribution in [3.05, 3.63) is 45.3 Å². The molecule has 0 radical (unpaired) electrons. The van der Waals surface area contributed by atoms with E-state index in [4.69, 9.17) is 42.6 Å². The summed E-state index contributed by atoms with van der Waals surface area (Å²) in [5.74, 6) is 1.64. The van der Waals surface area contributed by atoms with Gasteiger partial charge in [0.15, 0.2) is 0 Å². The molecule has 1 aliphatic carbocycles. The molecule has 0 spiro atoms. The van der Waals surface area contributed by atoms with Gasteiger partial charge in [-0.15, -0.1) is 0 Å². The van der Waals surface area contributed by atoms with Gasteiger partial charge in [-0.2, -0.15) is 0 Å². The number of hydrogen-bond acceptors (Lipinski definition) is 7. The second-order valence-corrected chi connectivity index (χ2v) is 10.7. The highest BCUT2D eigenvalue weighted by Gasteiger charge is 2.33. The molecule has 2 atom stereocenters. The maximum atomic E-state index is 13.6. The lowest BCUT2D eigenvalue weighted by Crippen LogP contribution is -2.54. The normalized spacial score (nSPS) is 23.1. The van der Waals surface area contributed by atoms with E-state index in [2.05, 4.69) is 10.6 Å². The number of nitrogens with one attached hydrogen (secondary N) is 2. The maximum Gasteiger partial charge on any atom is 0.272 e. The molecular formula is C26H33Cl2N5O3. The molecule has 3 fully saturated rings. The molecular weight excluding hydrogens is 501 g/mol. The topological polar surface area (TPSA) is 88.6 Å². The van der Waals surface area contributed by atoms with Crippen LogP contribution in [-0.2, 0) is 9.47 Å². The van der Waals surface area contributed by atoms with Crippen molar-refractivity contribution in [1.82, 2.24) is 20.2 Å². The van der Waals surface area contributed by atoms with Gasteiger partial charge >= 0.3 is 0 Å². The number of anilines is 2. The minimum absolute atomic E-state index is 0.0340.